The number of aliphatic hydroxyl groups excluding tert-OH is 1. The summed E-state index contributed by atoms with van der Waals surface area (Å²) in [4.78, 5) is 17.7. The second kappa shape index (κ2) is 12.1. The van der Waals surface area contributed by atoms with E-state index in [-0.39, 0.29) is 43.1 Å². The Labute approximate surface area is 180 Å². The highest BCUT2D eigenvalue weighted by molar-refractivity contribution is 5.90. The summed E-state index contributed by atoms with van der Waals surface area (Å²) in [7, 11) is 0. The van der Waals surface area contributed by atoms with Gasteiger partial charge in [0.25, 0.3) is 0 Å². The van der Waals surface area contributed by atoms with Crippen LogP contribution in [0.5, 0.6) is 0 Å². The first-order chi connectivity index (χ1) is 12.6. The van der Waals surface area contributed by atoms with Crippen molar-refractivity contribution < 1.29 is 15.0 Å². The molecule has 2 fully saturated rings. The number of hydrogen-bond acceptors (Lipinski definition) is 5. The van der Waals surface area contributed by atoms with Crippen molar-refractivity contribution in [2.24, 2.45) is 5.92 Å². The average molecular weight is 433 g/mol. The van der Waals surface area contributed by atoms with Crippen molar-refractivity contribution in [1.82, 2.24) is 9.80 Å². The maximum Gasteiger partial charge on any atom is 0.183 e. The molecule has 1 atom stereocenters. The lowest BCUT2D eigenvalue weighted by Crippen LogP contribution is -2.53. The van der Waals surface area contributed by atoms with Gasteiger partial charge in [0.1, 0.15) is 0 Å². The quantitative estimate of drug-likeness (QED) is 0.692. The number of β-amino-alcohol motifs (C(OH)–C–C–N with tert-alkyl or cyclic N) is 1. The molecular weight excluding hydrogens is 399 g/mol. The van der Waals surface area contributed by atoms with Crippen molar-refractivity contribution in [2.45, 2.75) is 37.7 Å². The summed E-state index contributed by atoms with van der Waals surface area (Å²) in [5, 5.41) is 20.7. The molecule has 0 bridgehead atoms. The van der Waals surface area contributed by atoms with Crippen LogP contribution in [0.2, 0.25) is 0 Å². The van der Waals surface area contributed by atoms with Gasteiger partial charge in [-0.2, -0.15) is 0 Å². The van der Waals surface area contributed by atoms with Crippen LogP contribution < -0.4 is 0 Å². The molecule has 1 aliphatic heterocycles. The number of Topliss-reactive ketones (excluding diaryl/α,β-unsaturated/α-hetero) is 1. The molecule has 0 aromatic heterocycles. The fourth-order valence-electron chi connectivity index (χ4n) is 4.47. The molecule has 1 aromatic rings. The molecule has 0 radical (unpaired) electrons. The molecule has 1 heterocycles. The van der Waals surface area contributed by atoms with E-state index in [9.17, 15) is 9.90 Å². The third-order valence-electron chi connectivity index (χ3n) is 6.08. The SMILES string of the molecule is Cl.Cl.O=C(CN1CCN(CCO)CC1)C(O)(c1ccccc1)C1CCCCC1. The van der Waals surface area contributed by atoms with E-state index >= 15 is 0 Å². The van der Waals surface area contributed by atoms with E-state index in [1.54, 1.807) is 0 Å². The Morgan fingerprint density at radius 1 is 0.964 bits per heavy atom. The molecule has 7 heteroatoms. The smallest absolute Gasteiger partial charge is 0.183 e. The largest absolute Gasteiger partial charge is 0.395 e. The van der Waals surface area contributed by atoms with Crippen molar-refractivity contribution in [3.05, 3.63) is 35.9 Å². The zero-order valence-electron chi connectivity index (χ0n) is 16.5. The minimum atomic E-state index is -1.37. The first kappa shape index (κ1) is 25.3. The van der Waals surface area contributed by atoms with Gasteiger partial charge < -0.3 is 10.2 Å². The van der Waals surface area contributed by atoms with E-state index in [0.717, 1.165) is 57.4 Å². The number of rotatable bonds is 7. The van der Waals surface area contributed by atoms with Crippen LogP contribution >= 0.6 is 24.8 Å². The number of carbonyl (C=O) groups excluding carboxylic acids is 1. The molecule has 2 aliphatic rings. The van der Waals surface area contributed by atoms with Crippen molar-refractivity contribution in [3.8, 4) is 0 Å². The van der Waals surface area contributed by atoms with Crippen LogP contribution in [0.1, 0.15) is 37.7 Å². The maximum atomic E-state index is 13.3. The van der Waals surface area contributed by atoms with Gasteiger partial charge >= 0.3 is 0 Å². The lowest BCUT2D eigenvalue weighted by atomic mass is 9.71. The maximum absolute atomic E-state index is 13.3. The fraction of sp³-hybridized carbons (Fsp3) is 0.667. The number of nitrogens with zero attached hydrogens (tertiary/aromatic N) is 2. The van der Waals surface area contributed by atoms with Crippen LogP contribution in [0.25, 0.3) is 0 Å². The first-order valence-corrected chi connectivity index (χ1v) is 10.0. The average Bonchev–Trinajstić information content (AvgIpc) is 2.70. The normalized spacial score (nSPS) is 21.2. The molecule has 1 aliphatic carbocycles. The highest BCUT2D eigenvalue weighted by atomic mass is 35.5. The first-order valence-electron chi connectivity index (χ1n) is 10.0. The molecule has 1 unspecified atom stereocenters. The number of hydrogen-bond donors (Lipinski definition) is 2. The van der Waals surface area contributed by atoms with E-state index in [1.807, 2.05) is 30.3 Å². The van der Waals surface area contributed by atoms with Crippen molar-refractivity contribution in [3.63, 3.8) is 0 Å². The topological polar surface area (TPSA) is 64.0 Å². The Morgan fingerprint density at radius 3 is 2.11 bits per heavy atom. The van der Waals surface area contributed by atoms with Gasteiger partial charge in [-0.05, 0) is 24.3 Å². The Hall–Kier alpha value is -0.690. The summed E-state index contributed by atoms with van der Waals surface area (Å²) < 4.78 is 0. The Bertz CT molecular complexity index is 576. The lowest BCUT2D eigenvalue weighted by Gasteiger charge is -2.40. The third-order valence-corrected chi connectivity index (χ3v) is 6.08. The molecule has 0 spiro atoms. The van der Waals surface area contributed by atoms with E-state index in [0.29, 0.717) is 13.1 Å². The number of ketones is 1. The molecule has 1 saturated carbocycles. The van der Waals surface area contributed by atoms with Crippen molar-refractivity contribution in [1.29, 1.82) is 0 Å². The van der Waals surface area contributed by atoms with Crippen LogP contribution in [0.3, 0.4) is 0 Å². The summed E-state index contributed by atoms with van der Waals surface area (Å²) in [6.45, 7) is 4.51. The Kier molecular flexibility index (Phi) is 11.0. The molecule has 3 rings (SSSR count). The second-order valence-corrected chi connectivity index (χ2v) is 7.73. The van der Waals surface area contributed by atoms with Crippen molar-refractivity contribution >= 4 is 30.6 Å². The lowest BCUT2D eigenvalue weighted by molar-refractivity contribution is -0.148. The summed E-state index contributed by atoms with van der Waals surface area (Å²) >= 11 is 0. The van der Waals surface area contributed by atoms with Crippen LogP contribution in [0.15, 0.2) is 30.3 Å². The van der Waals surface area contributed by atoms with Gasteiger partial charge in [0.15, 0.2) is 11.4 Å². The van der Waals surface area contributed by atoms with E-state index in [4.69, 9.17) is 5.11 Å². The van der Waals surface area contributed by atoms with Crippen molar-refractivity contribution in [2.75, 3.05) is 45.9 Å². The van der Waals surface area contributed by atoms with Gasteiger partial charge in [0.05, 0.1) is 13.2 Å². The number of aliphatic hydroxyl groups is 2. The Balaban J connectivity index is 0.00000196. The summed E-state index contributed by atoms with van der Waals surface area (Å²) in [6, 6.07) is 9.53. The van der Waals surface area contributed by atoms with Gasteiger partial charge in [0, 0.05) is 32.7 Å². The fourth-order valence-corrected chi connectivity index (χ4v) is 4.47. The number of piperazine rings is 1. The van der Waals surface area contributed by atoms with Crippen LogP contribution in [-0.2, 0) is 10.4 Å². The number of halogens is 2. The molecule has 2 N–H and O–H groups in total. The summed E-state index contributed by atoms with van der Waals surface area (Å²) in [5.41, 5.74) is -0.625. The van der Waals surface area contributed by atoms with Gasteiger partial charge in [-0.1, -0.05) is 49.6 Å². The molecule has 5 nitrogen and oxygen atoms in total. The zero-order valence-corrected chi connectivity index (χ0v) is 18.1. The van der Waals surface area contributed by atoms with E-state index in [2.05, 4.69) is 9.80 Å². The van der Waals surface area contributed by atoms with Gasteiger partial charge in [-0.25, -0.2) is 0 Å². The van der Waals surface area contributed by atoms with Gasteiger partial charge in [-0.3, -0.25) is 14.6 Å². The minimum Gasteiger partial charge on any atom is -0.395 e. The van der Waals surface area contributed by atoms with Gasteiger partial charge in [0.2, 0.25) is 0 Å². The van der Waals surface area contributed by atoms with Crippen LogP contribution in [-0.4, -0.2) is 71.7 Å². The van der Waals surface area contributed by atoms with Gasteiger partial charge in [-0.15, -0.1) is 24.8 Å². The highest BCUT2D eigenvalue weighted by Gasteiger charge is 2.45. The minimum absolute atomic E-state index is 0. The number of carbonyl (C=O) groups is 1. The predicted octanol–water partition coefficient (Wildman–Crippen LogP) is 2.48. The molecule has 160 valence electrons. The molecule has 28 heavy (non-hydrogen) atoms. The summed E-state index contributed by atoms with van der Waals surface area (Å²) in [5.74, 6) is -0.0481. The molecule has 0 amide bonds. The second-order valence-electron chi connectivity index (χ2n) is 7.73. The van der Waals surface area contributed by atoms with E-state index < -0.39 is 5.60 Å². The molecule has 1 saturated heterocycles. The zero-order chi connectivity index (χ0) is 18.4. The van der Waals surface area contributed by atoms with Crippen LogP contribution in [0, 0.1) is 5.92 Å². The Morgan fingerprint density at radius 2 is 1.54 bits per heavy atom. The van der Waals surface area contributed by atoms with Crippen LogP contribution in [0.4, 0.5) is 0 Å². The summed E-state index contributed by atoms with van der Waals surface area (Å²) in [6.07, 6.45) is 5.21. The monoisotopic (exact) mass is 432 g/mol. The molecular formula is C21H34Cl2N2O3. The third kappa shape index (κ3) is 5.91. The molecule has 1 aromatic carbocycles. The standard InChI is InChI=1S/C21H32N2O3.2ClH/c24-16-15-22-11-13-23(14-12-22)17-20(25)21(26,18-7-3-1-4-8-18)19-9-5-2-6-10-19;;/h1,3-4,7-8,19,24,26H,2,5-6,9-17H2;2*1H. The number of benzene rings is 1. The van der Waals surface area contributed by atoms with E-state index in [1.165, 1.54) is 6.42 Å². The highest BCUT2D eigenvalue weighted by Crippen LogP contribution is 2.40. The predicted molar refractivity (Wildman–Crippen MR) is 116 cm³/mol.